The number of pyridine rings is 1. The number of nitrogens with one attached hydrogen (secondary N) is 1. The molecule has 0 spiro atoms. The Balaban J connectivity index is 1.57. The Labute approximate surface area is 144 Å². The van der Waals surface area contributed by atoms with E-state index in [9.17, 15) is 4.79 Å². The summed E-state index contributed by atoms with van der Waals surface area (Å²) in [4.78, 5) is 20.5. The molecule has 2 heterocycles. The van der Waals surface area contributed by atoms with E-state index in [-0.39, 0.29) is 5.91 Å². The standard InChI is InChI=1S/C18H17N3O2S/c1-23-16-4-2-3-14(11-16)18-21-15(12-24-18)7-10-20-17(22)13-5-8-19-9-6-13/h2-6,8-9,11-12H,7,10H2,1H3,(H,20,22). The van der Waals surface area contributed by atoms with Crippen molar-refractivity contribution in [2.24, 2.45) is 0 Å². The van der Waals surface area contributed by atoms with Gasteiger partial charge in [-0.3, -0.25) is 9.78 Å². The number of benzene rings is 1. The molecule has 2 aromatic heterocycles. The maximum absolute atomic E-state index is 12.0. The summed E-state index contributed by atoms with van der Waals surface area (Å²) < 4.78 is 5.24. The minimum atomic E-state index is -0.0966. The van der Waals surface area contributed by atoms with Crippen LogP contribution in [0, 0.1) is 0 Å². The predicted octanol–water partition coefficient (Wildman–Crippen LogP) is 3.19. The molecule has 5 nitrogen and oxygen atoms in total. The molecule has 0 atom stereocenters. The van der Waals surface area contributed by atoms with Crippen molar-refractivity contribution in [3.8, 4) is 16.3 Å². The van der Waals surface area contributed by atoms with E-state index in [1.807, 2.05) is 29.6 Å². The van der Waals surface area contributed by atoms with E-state index in [0.717, 1.165) is 22.0 Å². The first kappa shape index (κ1) is 16.1. The lowest BCUT2D eigenvalue weighted by atomic mass is 10.2. The highest BCUT2D eigenvalue weighted by Crippen LogP contribution is 2.26. The van der Waals surface area contributed by atoms with Crippen molar-refractivity contribution in [3.63, 3.8) is 0 Å². The number of rotatable bonds is 6. The molecule has 1 N–H and O–H groups in total. The molecular weight excluding hydrogens is 322 g/mol. The van der Waals surface area contributed by atoms with Crippen LogP contribution in [0.5, 0.6) is 5.75 Å². The first-order valence-electron chi connectivity index (χ1n) is 7.53. The molecule has 0 saturated heterocycles. The summed E-state index contributed by atoms with van der Waals surface area (Å²) in [7, 11) is 1.65. The first-order chi connectivity index (χ1) is 11.8. The minimum absolute atomic E-state index is 0.0966. The highest BCUT2D eigenvalue weighted by atomic mass is 32.1. The molecule has 1 aromatic carbocycles. The second kappa shape index (κ2) is 7.70. The predicted molar refractivity (Wildman–Crippen MR) is 94.4 cm³/mol. The molecule has 0 aliphatic rings. The third kappa shape index (κ3) is 3.97. The number of hydrogen-bond acceptors (Lipinski definition) is 5. The zero-order valence-electron chi connectivity index (χ0n) is 13.2. The van der Waals surface area contributed by atoms with E-state index in [1.165, 1.54) is 0 Å². The van der Waals surface area contributed by atoms with Crippen molar-refractivity contribution in [1.29, 1.82) is 0 Å². The topological polar surface area (TPSA) is 64.1 Å². The molecule has 122 valence electrons. The number of carbonyl (C=O) groups excluding carboxylic acids is 1. The van der Waals surface area contributed by atoms with Crippen molar-refractivity contribution in [1.82, 2.24) is 15.3 Å². The van der Waals surface area contributed by atoms with E-state index in [1.54, 1.807) is 43.0 Å². The van der Waals surface area contributed by atoms with Crippen LogP contribution in [0.3, 0.4) is 0 Å². The van der Waals surface area contributed by atoms with Gasteiger partial charge in [0.1, 0.15) is 10.8 Å². The van der Waals surface area contributed by atoms with Crippen LogP contribution in [-0.2, 0) is 6.42 Å². The van der Waals surface area contributed by atoms with E-state index >= 15 is 0 Å². The van der Waals surface area contributed by atoms with E-state index in [0.29, 0.717) is 18.5 Å². The van der Waals surface area contributed by atoms with Gasteiger partial charge in [0, 0.05) is 41.9 Å². The number of nitrogens with zero attached hydrogens (tertiary/aromatic N) is 2. The van der Waals surface area contributed by atoms with E-state index < -0.39 is 0 Å². The van der Waals surface area contributed by atoms with Gasteiger partial charge in [0.25, 0.3) is 5.91 Å². The van der Waals surface area contributed by atoms with Crippen molar-refractivity contribution >= 4 is 17.2 Å². The van der Waals surface area contributed by atoms with Gasteiger partial charge in [0.15, 0.2) is 0 Å². The molecule has 3 rings (SSSR count). The summed E-state index contributed by atoms with van der Waals surface area (Å²) in [5.41, 5.74) is 2.61. The third-order valence-corrected chi connectivity index (χ3v) is 4.42. The molecule has 1 amide bonds. The Bertz CT molecular complexity index is 818. The largest absolute Gasteiger partial charge is 0.497 e. The van der Waals surface area contributed by atoms with Crippen molar-refractivity contribution in [2.75, 3.05) is 13.7 Å². The first-order valence-corrected chi connectivity index (χ1v) is 8.41. The lowest BCUT2D eigenvalue weighted by molar-refractivity contribution is 0.0954. The summed E-state index contributed by atoms with van der Waals surface area (Å²) in [5, 5.41) is 5.86. The van der Waals surface area contributed by atoms with Gasteiger partial charge < -0.3 is 10.1 Å². The Morgan fingerprint density at radius 2 is 2.08 bits per heavy atom. The fraction of sp³-hybridized carbons (Fsp3) is 0.167. The van der Waals surface area contributed by atoms with Gasteiger partial charge in [0.2, 0.25) is 0 Å². The number of hydrogen-bond donors (Lipinski definition) is 1. The fourth-order valence-electron chi connectivity index (χ4n) is 2.22. The third-order valence-electron chi connectivity index (χ3n) is 3.48. The number of carbonyl (C=O) groups is 1. The SMILES string of the molecule is COc1cccc(-c2nc(CCNC(=O)c3ccncc3)cs2)c1. The fourth-order valence-corrected chi connectivity index (χ4v) is 3.07. The molecule has 3 aromatic rings. The molecule has 0 bridgehead atoms. The lowest BCUT2D eigenvalue weighted by Crippen LogP contribution is -2.25. The molecule has 0 fully saturated rings. The van der Waals surface area contributed by atoms with Crippen LogP contribution in [0.25, 0.3) is 10.6 Å². The molecule has 6 heteroatoms. The van der Waals surface area contributed by atoms with Gasteiger partial charge in [-0.05, 0) is 24.3 Å². The highest BCUT2D eigenvalue weighted by molar-refractivity contribution is 7.13. The maximum atomic E-state index is 12.0. The van der Waals surface area contributed by atoms with Crippen LogP contribution in [0.4, 0.5) is 0 Å². The van der Waals surface area contributed by atoms with Gasteiger partial charge in [-0.2, -0.15) is 0 Å². The average Bonchev–Trinajstić information content (AvgIpc) is 3.11. The number of ether oxygens (including phenoxy) is 1. The van der Waals surface area contributed by atoms with Crippen LogP contribution < -0.4 is 10.1 Å². The van der Waals surface area contributed by atoms with Gasteiger partial charge in [0.05, 0.1) is 12.8 Å². The van der Waals surface area contributed by atoms with Crippen LogP contribution in [0.15, 0.2) is 54.2 Å². The normalized spacial score (nSPS) is 10.4. The zero-order valence-corrected chi connectivity index (χ0v) is 14.0. The molecular formula is C18H17N3O2S. The monoisotopic (exact) mass is 339 g/mol. The number of thiazole rings is 1. The van der Waals surface area contributed by atoms with Crippen LogP contribution in [0.1, 0.15) is 16.1 Å². The minimum Gasteiger partial charge on any atom is -0.497 e. The van der Waals surface area contributed by atoms with Gasteiger partial charge >= 0.3 is 0 Å². The summed E-state index contributed by atoms with van der Waals surface area (Å²) in [6.45, 7) is 0.544. The second-order valence-electron chi connectivity index (χ2n) is 5.12. The van der Waals surface area contributed by atoms with Crippen LogP contribution >= 0.6 is 11.3 Å². The van der Waals surface area contributed by atoms with Crippen molar-refractivity contribution in [2.45, 2.75) is 6.42 Å². The number of aromatic nitrogens is 2. The Hall–Kier alpha value is -2.73. The zero-order chi connectivity index (χ0) is 16.8. The molecule has 24 heavy (non-hydrogen) atoms. The summed E-state index contributed by atoms with van der Waals surface area (Å²) in [6, 6.07) is 11.2. The second-order valence-corrected chi connectivity index (χ2v) is 5.98. The Morgan fingerprint density at radius 3 is 2.88 bits per heavy atom. The summed E-state index contributed by atoms with van der Waals surface area (Å²) in [6.07, 6.45) is 3.91. The van der Waals surface area contributed by atoms with E-state index in [2.05, 4.69) is 15.3 Å². The van der Waals surface area contributed by atoms with Gasteiger partial charge in [-0.25, -0.2) is 4.98 Å². The molecule has 0 aliphatic heterocycles. The Morgan fingerprint density at radius 1 is 1.25 bits per heavy atom. The Kier molecular flexibility index (Phi) is 5.18. The van der Waals surface area contributed by atoms with Crippen molar-refractivity contribution < 1.29 is 9.53 Å². The molecule has 0 unspecified atom stereocenters. The smallest absolute Gasteiger partial charge is 0.251 e. The summed E-state index contributed by atoms with van der Waals surface area (Å²) in [5.74, 6) is 0.717. The van der Waals surface area contributed by atoms with Crippen molar-refractivity contribution in [3.05, 3.63) is 65.4 Å². The van der Waals surface area contributed by atoms with Gasteiger partial charge in [-0.15, -0.1) is 11.3 Å². The molecule has 0 aliphatic carbocycles. The van der Waals surface area contributed by atoms with Crippen LogP contribution in [-0.4, -0.2) is 29.5 Å². The molecule has 0 radical (unpaired) electrons. The maximum Gasteiger partial charge on any atom is 0.251 e. The highest BCUT2D eigenvalue weighted by Gasteiger charge is 2.07. The molecule has 0 saturated carbocycles. The number of amides is 1. The van der Waals surface area contributed by atoms with E-state index in [4.69, 9.17) is 4.74 Å². The van der Waals surface area contributed by atoms with Crippen LogP contribution in [0.2, 0.25) is 0 Å². The average molecular weight is 339 g/mol. The quantitative estimate of drug-likeness (QED) is 0.749. The lowest BCUT2D eigenvalue weighted by Gasteiger charge is -2.03. The number of methoxy groups -OCH3 is 1. The van der Waals surface area contributed by atoms with Gasteiger partial charge in [-0.1, -0.05) is 12.1 Å². The summed E-state index contributed by atoms with van der Waals surface area (Å²) >= 11 is 1.59.